The zero-order chi connectivity index (χ0) is 26.0. The van der Waals surface area contributed by atoms with Gasteiger partial charge in [-0.25, -0.2) is 0 Å². The van der Waals surface area contributed by atoms with E-state index in [9.17, 15) is 43.2 Å². The van der Waals surface area contributed by atoms with E-state index in [1.54, 1.807) is 19.1 Å². The molecule has 2 aromatic carbocycles. The highest BCUT2D eigenvalue weighted by molar-refractivity contribution is 7.88. The highest BCUT2D eigenvalue weighted by Crippen LogP contribution is 2.37. The molecule has 34 heavy (non-hydrogen) atoms. The quantitative estimate of drug-likeness (QED) is 0.195. The van der Waals surface area contributed by atoms with E-state index in [1.807, 2.05) is 6.92 Å². The fourth-order valence-electron chi connectivity index (χ4n) is 2.77. The second-order valence-corrected chi connectivity index (χ2v) is 10.1. The summed E-state index contributed by atoms with van der Waals surface area (Å²) < 4.78 is 128. The highest BCUT2D eigenvalue weighted by Gasteiger charge is 2.49. The summed E-state index contributed by atoms with van der Waals surface area (Å²) in [5.41, 5.74) is -11.3. The Morgan fingerprint density at radius 2 is 1.03 bits per heavy atom. The van der Waals surface area contributed by atoms with Gasteiger partial charge >= 0.3 is 31.3 Å². The van der Waals surface area contributed by atoms with E-state index in [1.165, 1.54) is 24.3 Å². The number of hydrogen-bond acceptors (Lipinski definition) is 6. The minimum absolute atomic E-state index is 0.463. The topological polar surface area (TPSA) is 86.7 Å². The van der Waals surface area contributed by atoms with Crippen molar-refractivity contribution in [2.24, 2.45) is 0 Å². The molecule has 0 atom stereocenters. The third-order valence-corrected chi connectivity index (χ3v) is 6.53. The van der Waals surface area contributed by atoms with E-state index in [-0.39, 0.29) is 0 Å². The lowest BCUT2D eigenvalue weighted by atomic mass is 9.76. The van der Waals surface area contributed by atoms with Gasteiger partial charge in [0.15, 0.2) is 0 Å². The fraction of sp³-hybridized carbons (Fsp3) is 0.300. The van der Waals surface area contributed by atoms with Crippen LogP contribution in [0.15, 0.2) is 60.7 Å². The molecule has 0 saturated carbocycles. The maximum atomic E-state index is 12.5. The average molecular weight is 532 g/mol. The summed E-state index contributed by atoms with van der Waals surface area (Å²) in [5, 5.41) is 0. The third-order valence-electron chi connectivity index (χ3n) is 4.57. The van der Waals surface area contributed by atoms with E-state index in [2.05, 4.69) is 8.37 Å². The SMILES string of the molecule is CCC=CC(C)(c1ccc(OS(=O)(=O)C(F)(F)F)cc1)c1ccc(OS(=O)(=O)C(F)(F)F)cc1. The van der Waals surface area contributed by atoms with E-state index in [0.29, 0.717) is 17.5 Å². The minimum atomic E-state index is -5.85. The molecule has 0 aromatic heterocycles. The van der Waals surface area contributed by atoms with Crippen LogP contribution in [0.1, 0.15) is 31.4 Å². The monoisotopic (exact) mass is 532 g/mol. The highest BCUT2D eigenvalue weighted by atomic mass is 32.2. The smallest absolute Gasteiger partial charge is 0.376 e. The van der Waals surface area contributed by atoms with Crippen LogP contribution in [0.4, 0.5) is 26.3 Å². The lowest BCUT2D eigenvalue weighted by Crippen LogP contribution is -2.28. The maximum absolute atomic E-state index is 12.5. The Morgan fingerprint density at radius 1 is 0.706 bits per heavy atom. The Morgan fingerprint density at radius 3 is 1.29 bits per heavy atom. The first kappa shape index (κ1) is 27.5. The summed E-state index contributed by atoms with van der Waals surface area (Å²) in [6.45, 7) is 3.51. The summed E-state index contributed by atoms with van der Waals surface area (Å²) in [6.07, 6.45) is 4.07. The molecule has 0 saturated heterocycles. The molecule has 0 aliphatic heterocycles. The van der Waals surface area contributed by atoms with E-state index < -0.39 is 48.2 Å². The molecule has 0 unspecified atom stereocenters. The molecular formula is C20H18F6O6S2. The number of alkyl halides is 6. The molecule has 188 valence electrons. The molecule has 2 aromatic rings. The Hall–Kier alpha value is -2.74. The number of benzene rings is 2. The second-order valence-electron chi connectivity index (χ2n) is 7.03. The normalized spacial score (nSPS) is 13.8. The van der Waals surface area contributed by atoms with Crippen LogP contribution in [-0.2, 0) is 25.7 Å². The predicted octanol–water partition coefficient (Wildman–Crippen LogP) is 5.42. The van der Waals surface area contributed by atoms with E-state index >= 15 is 0 Å². The Bertz CT molecular complexity index is 1140. The zero-order valence-corrected chi connectivity index (χ0v) is 19.1. The molecule has 6 nitrogen and oxygen atoms in total. The van der Waals surface area contributed by atoms with E-state index in [4.69, 9.17) is 0 Å². The molecule has 0 bridgehead atoms. The van der Waals surface area contributed by atoms with Gasteiger partial charge < -0.3 is 8.37 Å². The maximum Gasteiger partial charge on any atom is 0.534 e. The minimum Gasteiger partial charge on any atom is -0.376 e. The van der Waals surface area contributed by atoms with Gasteiger partial charge in [-0.2, -0.15) is 43.2 Å². The molecule has 0 N–H and O–H groups in total. The van der Waals surface area contributed by atoms with Gasteiger partial charge in [0, 0.05) is 5.41 Å². The molecule has 0 heterocycles. The van der Waals surface area contributed by atoms with Gasteiger partial charge in [-0.1, -0.05) is 43.3 Å². The van der Waals surface area contributed by atoms with Crippen molar-refractivity contribution >= 4 is 20.2 Å². The summed E-state index contributed by atoms with van der Waals surface area (Å²) in [4.78, 5) is 0. The van der Waals surface area contributed by atoms with Gasteiger partial charge in [0.05, 0.1) is 0 Å². The standard InChI is InChI=1S/C20H18F6O6S2/c1-3-4-13-18(2,14-5-9-16(10-6-14)31-33(27,28)19(21,22)23)15-7-11-17(12-8-15)32-34(29,30)20(24,25)26/h4-13H,3H2,1-2H3. The van der Waals surface area contributed by atoms with Gasteiger partial charge in [0.2, 0.25) is 0 Å². The Kier molecular flexibility index (Phi) is 7.67. The van der Waals surface area contributed by atoms with Crippen LogP contribution in [0.25, 0.3) is 0 Å². The molecule has 0 spiro atoms. The predicted molar refractivity (Wildman–Crippen MR) is 110 cm³/mol. The van der Waals surface area contributed by atoms with Crippen molar-refractivity contribution in [3.63, 3.8) is 0 Å². The van der Waals surface area contributed by atoms with E-state index in [0.717, 1.165) is 24.3 Å². The molecule has 0 fully saturated rings. The molecule has 14 heteroatoms. The number of rotatable bonds is 8. The van der Waals surface area contributed by atoms with Crippen molar-refractivity contribution in [2.45, 2.75) is 36.7 Å². The molecule has 0 radical (unpaired) electrons. The summed E-state index contributed by atoms with van der Waals surface area (Å²) >= 11 is 0. The lowest BCUT2D eigenvalue weighted by Gasteiger charge is -2.28. The van der Waals surface area contributed by atoms with Crippen molar-refractivity contribution in [1.29, 1.82) is 0 Å². The Balaban J connectivity index is 2.40. The summed E-state index contributed by atoms with van der Waals surface area (Å²) in [6, 6.07) is 9.35. The third kappa shape index (κ3) is 6.03. The number of hydrogen-bond donors (Lipinski definition) is 0. The van der Waals surface area contributed by atoms with Crippen molar-refractivity contribution in [2.75, 3.05) is 0 Å². The van der Waals surface area contributed by atoms with Crippen molar-refractivity contribution in [1.82, 2.24) is 0 Å². The second kappa shape index (κ2) is 9.49. The van der Waals surface area contributed by atoms with Gasteiger partial charge in [-0.3, -0.25) is 0 Å². The lowest BCUT2D eigenvalue weighted by molar-refractivity contribution is -0.0504. The van der Waals surface area contributed by atoms with Gasteiger partial charge in [0.1, 0.15) is 11.5 Å². The molecule has 0 amide bonds. The van der Waals surface area contributed by atoms with Crippen molar-refractivity contribution in [3.05, 3.63) is 71.8 Å². The number of allylic oxidation sites excluding steroid dienone is 2. The first-order valence-corrected chi connectivity index (χ1v) is 12.1. The van der Waals surface area contributed by atoms with Crippen LogP contribution in [0, 0.1) is 0 Å². The molecule has 2 rings (SSSR count). The van der Waals surface area contributed by atoms with Gasteiger partial charge in [-0.05, 0) is 48.7 Å². The van der Waals surface area contributed by atoms with Crippen molar-refractivity contribution < 1.29 is 51.5 Å². The van der Waals surface area contributed by atoms with Crippen LogP contribution in [0.5, 0.6) is 11.5 Å². The van der Waals surface area contributed by atoms with Crippen LogP contribution in [0.2, 0.25) is 0 Å². The Labute approximate surface area is 192 Å². The van der Waals surface area contributed by atoms with Crippen LogP contribution in [0.3, 0.4) is 0 Å². The largest absolute Gasteiger partial charge is 0.534 e. The molecule has 0 aliphatic rings. The zero-order valence-electron chi connectivity index (χ0n) is 17.5. The van der Waals surface area contributed by atoms with Crippen LogP contribution >= 0.6 is 0 Å². The molecular weight excluding hydrogens is 514 g/mol. The summed E-state index contributed by atoms with van der Waals surface area (Å²) in [5.74, 6) is -1.16. The fourth-order valence-corrected chi connectivity index (χ4v) is 3.69. The summed E-state index contributed by atoms with van der Waals surface area (Å²) in [7, 11) is -11.7. The van der Waals surface area contributed by atoms with Gasteiger partial charge in [-0.15, -0.1) is 0 Å². The van der Waals surface area contributed by atoms with Crippen molar-refractivity contribution in [3.8, 4) is 11.5 Å². The average Bonchev–Trinajstić information content (AvgIpc) is 2.71. The molecule has 0 aliphatic carbocycles. The van der Waals surface area contributed by atoms with Crippen LogP contribution in [-0.4, -0.2) is 27.9 Å². The first-order chi connectivity index (χ1) is 15.4. The number of halogens is 6. The first-order valence-electron chi connectivity index (χ1n) is 9.33. The van der Waals surface area contributed by atoms with Gasteiger partial charge in [0.25, 0.3) is 0 Å². The van der Waals surface area contributed by atoms with Crippen LogP contribution < -0.4 is 8.37 Å².